The van der Waals surface area contributed by atoms with Gasteiger partial charge in [-0.25, -0.2) is 9.98 Å². The van der Waals surface area contributed by atoms with E-state index in [1.54, 1.807) is 55.2 Å². The molecule has 3 fully saturated rings. The highest BCUT2D eigenvalue weighted by Crippen LogP contribution is 2.27. The molecule has 3 aliphatic heterocycles. The number of aliphatic imine (C=N–C) groups is 2. The number of halogens is 4. The number of nitro groups is 1. The Morgan fingerprint density at radius 2 is 0.870 bits per heavy atom. The Bertz CT molecular complexity index is 3660. The van der Waals surface area contributed by atoms with Crippen LogP contribution in [0.2, 0.25) is 0 Å². The minimum atomic E-state index is -0.343. The average molecular weight is 1400 g/mol. The first kappa shape index (κ1) is 73.9. The maximum atomic E-state index is 10.9. The summed E-state index contributed by atoms with van der Waals surface area (Å²) in [6.07, 6.45) is 14.4. The summed E-state index contributed by atoms with van der Waals surface area (Å²) in [4.78, 5) is 26.9. The summed E-state index contributed by atoms with van der Waals surface area (Å²) in [6, 6.07) is 44.6. The molecule has 0 spiro atoms. The van der Waals surface area contributed by atoms with E-state index < -0.39 is 0 Å². The standard InChI is InChI=1S/2C20H24N4O2.C15H19N3O3.C12H11NOS.BrH.3ClH/c2*21-20(19-3-1-12-26-19)22-17-5-4-16-6-9-24(18(16)15-17)8-2-7-23-10-13-25-14-11-23;19-18(20)14-3-2-13-4-7-17(15(13)12-14)6-1-5-16-8-10-21-11-9-16;13-12(11-7-4-8-14-11)15-9-10-5-2-1-3-6-10;;;;/h2*1,3-6,9,12,15H,2,7-8,10-11,13-14H2,(H2,21,22);2-4,7,12H,1,5-6,8-11H2;1-8,13H,9H2;4*1H. The molecule has 5 N–H and O–H groups in total. The second-order valence-electron chi connectivity index (χ2n) is 21.5. The Labute approximate surface area is 569 Å². The molecule has 0 amide bonds. The zero-order chi connectivity index (χ0) is 60.7. The number of benzene rings is 4. The maximum Gasteiger partial charge on any atom is 0.271 e. The topological polar surface area (TPSA) is 235 Å². The van der Waals surface area contributed by atoms with Crippen molar-refractivity contribution in [2.45, 2.75) is 44.6 Å². The van der Waals surface area contributed by atoms with Gasteiger partial charge in [0.1, 0.15) is 5.04 Å². The number of nitro benzene ring substituents is 1. The summed E-state index contributed by atoms with van der Waals surface area (Å²) in [5.41, 5.74) is 18.4. The SMILES string of the molecule is Br.Cl.Cl.Cl.N=C(SCc1ccccc1)c1ccco1.NC(=Nc1ccc2ccn(CCCN3CCOCC3)c2c1)c1ccco1.NC(=Nc1ccc2ccn(CCCN3CCOCC3)c2c1)c1ccco1.O=[N+]([O-])c1ccc2ccn(CCCN3CCOCC3)c2c1. The number of non-ortho nitro benzene ring substituents is 1. The van der Waals surface area contributed by atoms with Crippen LogP contribution in [0.15, 0.2) is 200 Å². The van der Waals surface area contributed by atoms with Crippen LogP contribution in [-0.2, 0) is 39.6 Å². The van der Waals surface area contributed by atoms with Crippen molar-refractivity contribution in [1.29, 1.82) is 5.41 Å². The molecule has 0 aliphatic carbocycles. The number of ether oxygens (including phenoxy) is 3. The third kappa shape index (κ3) is 22.0. The molecule has 20 nitrogen and oxygen atoms in total. The lowest BCUT2D eigenvalue weighted by Crippen LogP contribution is -2.37. The van der Waals surface area contributed by atoms with E-state index in [1.807, 2.05) is 60.8 Å². The first-order valence-electron chi connectivity index (χ1n) is 30.1. The fourth-order valence-corrected chi connectivity index (χ4v) is 11.4. The first-order chi connectivity index (χ1) is 43.2. The highest BCUT2D eigenvalue weighted by Gasteiger charge is 2.15. The van der Waals surface area contributed by atoms with E-state index >= 15 is 0 Å². The number of amidine groups is 2. The van der Waals surface area contributed by atoms with Crippen molar-refractivity contribution in [1.82, 2.24) is 28.4 Å². The number of aromatic nitrogens is 3. The summed E-state index contributed by atoms with van der Waals surface area (Å²) < 4.78 is 38.6. The van der Waals surface area contributed by atoms with Gasteiger partial charge in [-0.1, -0.05) is 54.2 Å². The zero-order valence-corrected chi connectivity index (χ0v) is 56.3. The molecule has 10 aromatic rings. The zero-order valence-electron chi connectivity index (χ0n) is 51.3. The molecule has 492 valence electrons. The second-order valence-corrected chi connectivity index (χ2v) is 22.5. The van der Waals surface area contributed by atoms with Crippen LogP contribution in [0.1, 0.15) is 42.1 Å². The Kier molecular flexibility index (Phi) is 31.1. The number of hydrogen-bond acceptors (Lipinski definition) is 15. The highest BCUT2D eigenvalue weighted by atomic mass is 79.9. The van der Waals surface area contributed by atoms with Crippen LogP contribution in [0.5, 0.6) is 0 Å². The van der Waals surface area contributed by atoms with Crippen LogP contribution >= 0.6 is 66.0 Å². The summed E-state index contributed by atoms with van der Waals surface area (Å²) >= 11 is 1.48. The number of rotatable bonds is 20. The Balaban J connectivity index is 0.000000195. The van der Waals surface area contributed by atoms with Crippen LogP contribution < -0.4 is 11.5 Å². The van der Waals surface area contributed by atoms with E-state index in [-0.39, 0.29) is 64.8 Å². The average Bonchev–Trinajstić information content (AvgIpc) is 1.73. The van der Waals surface area contributed by atoms with Gasteiger partial charge in [0.25, 0.3) is 5.69 Å². The third-order valence-corrected chi connectivity index (χ3v) is 16.4. The van der Waals surface area contributed by atoms with Crippen molar-refractivity contribution in [3.63, 3.8) is 0 Å². The van der Waals surface area contributed by atoms with Gasteiger partial charge in [0.05, 0.1) is 91.3 Å². The van der Waals surface area contributed by atoms with Gasteiger partial charge in [0, 0.05) is 120 Å². The summed E-state index contributed by atoms with van der Waals surface area (Å²) in [7, 11) is 0. The van der Waals surface area contributed by atoms with E-state index in [1.165, 1.54) is 39.1 Å². The van der Waals surface area contributed by atoms with Gasteiger partial charge in [0.15, 0.2) is 29.0 Å². The Morgan fingerprint density at radius 1 is 0.489 bits per heavy atom. The van der Waals surface area contributed by atoms with E-state index in [2.05, 4.69) is 99.3 Å². The van der Waals surface area contributed by atoms with Crippen molar-refractivity contribution < 1.29 is 32.4 Å². The molecule has 0 unspecified atom stereocenters. The molecule has 3 saturated heterocycles. The number of aryl methyl sites for hydroxylation is 3. The first-order valence-corrected chi connectivity index (χ1v) is 31.0. The molecular weight excluding hydrogens is 1320 g/mol. The van der Waals surface area contributed by atoms with Crippen molar-refractivity contribution in [2.24, 2.45) is 21.5 Å². The van der Waals surface area contributed by atoms with E-state index in [0.717, 1.165) is 165 Å². The molecule has 3 aliphatic rings. The summed E-state index contributed by atoms with van der Waals surface area (Å²) in [5, 5.41) is 22.6. The number of thioether (sulfide) groups is 1. The molecule has 9 heterocycles. The van der Waals surface area contributed by atoms with Crippen molar-refractivity contribution in [3.05, 3.63) is 210 Å². The Hall–Kier alpha value is -7.19. The number of morpholine rings is 3. The molecule has 0 saturated carbocycles. The molecule has 25 heteroatoms. The fraction of sp³-hybridized carbons (Fsp3) is 0.328. The molecule has 6 aromatic heterocycles. The smallest absolute Gasteiger partial charge is 0.271 e. The van der Waals surface area contributed by atoms with Gasteiger partial charge in [-0.3, -0.25) is 30.2 Å². The van der Waals surface area contributed by atoms with Crippen LogP contribution in [0.25, 0.3) is 32.7 Å². The van der Waals surface area contributed by atoms with Gasteiger partial charge in [0.2, 0.25) is 0 Å². The minimum absolute atomic E-state index is 0. The van der Waals surface area contributed by atoms with Crippen LogP contribution in [0, 0.1) is 15.5 Å². The van der Waals surface area contributed by atoms with Gasteiger partial charge < -0.3 is 52.6 Å². The molecule has 13 rings (SSSR count). The highest BCUT2D eigenvalue weighted by molar-refractivity contribution is 8.93. The molecule has 4 aromatic carbocycles. The predicted octanol–water partition coefficient (Wildman–Crippen LogP) is 13.6. The number of nitrogens with two attached hydrogens (primary N) is 2. The molecule has 0 atom stereocenters. The molecule has 0 radical (unpaired) electrons. The second kappa shape index (κ2) is 38.7. The van der Waals surface area contributed by atoms with Gasteiger partial charge >= 0.3 is 0 Å². The monoisotopic (exact) mass is 1400 g/mol. The minimum Gasteiger partial charge on any atom is -0.462 e. The lowest BCUT2D eigenvalue weighted by atomic mass is 10.2. The number of fused-ring (bicyclic) bond motifs is 3. The van der Waals surface area contributed by atoms with Crippen molar-refractivity contribution in [2.75, 3.05) is 98.5 Å². The molecule has 0 bridgehead atoms. The van der Waals surface area contributed by atoms with Gasteiger partial charge in [-0.05, 0) is 121 Å². The van der Waals surface area contributed by atoms with E-state index in [0.29, 0.717) is 34.0 Å². The van der Waals surface area contributed by atoms with E-state index in [9.17, 15) is 10.1 Å². The van der Waals surface area contributed by atoms with Crippen molar-refractivity contribution in [3.8, 4) is 0 Å². The van der Waals surface area contributed by atoms with Crippen molar-refractivity contribution >= 4 is 132 Å². The number of furan rings is 3. The van der Waals surface area contributed by atoms with Crippen LogP contribution in [0.3, 0.4) is 0 Å². The number of nitrogens with one attached hydrogen (secondary N) is 1. The molecular formula is C67H82BrCl3N12O8S. The van der Waals surface area contributed by atoms with Crippen LogP contribution in [-0.4, -0.2) is 149 Å². The summed E-state index contributed by atoms with van der Waals surface area (Å²) in [6.45, 7) is 17.3. The van der Waals surface area contributed by atoms with Gasteiger partial charge in [-0.2, -0.15) is 0 Å². The third-order valence-electron chi connectivity index (χ3n) is 15.4. The lowest BCUT2D eigenvalue weighted by Gasteiger charge is -2.26. The lowest BCUT2D eigenvalue weighted by molar-refractivity contribution is -0.384. The Morgan fingerprint density at radius 3 is 1.25 bits per heavy atom. The normalized spacial score (nSPS) is 14.7. The van der Waals surface area contributed by atoms with Gasteiger partial charge in [-0.15, -0.1) is 54.2 Å². The van der Waals surface area contributed by atoms with Crippen LogP contribution in [0.4, 0.5) is 17.1 Å². The van der Waals surface area contributed by atoms with E-state index in [4.69, 9.17) is 44.3 Å². The molecule has 92 heavy (non-hydrogen) atoms. The number of hydrogen-bond donors (Lipinski definition) is 3. The quantitative estimate of drug-likeness (QED) is 0.0279. The number of nitrogens with zero attached hydrogens (tertiary/aromatic N) is 9. The summed E-state index contributed by atoms with van der Waals surface area (Å²) in [5.74, 6) is 3.40. The maximum absolute atomic E-state index is 10.9. The predicted molar refractivity (Wildman–Crippen MR) is 382 cm³/mol. The fourth-order valence-electron chi connectivity index (χ4n) is 10.7. The largest absolute Gasteiger partial charge is 0.462 e.